The summed E-state index contributed by atoms with van der Waals surface area (Å²) in [6.07, 6.45) is 3.42. The largest absolute Gasteiger partial charge is 0.323 e. The van der Waals surface area contributed by atoms with Gasteiger partial charge in [0.25, 0.3) is 0 Å². The van der Waals surface area contributed by atoms with Crippen molar-refractivity contribution >= 4 is 31.0 Å². The Hall–Kier alpha value is -3.46. The third-order valence-electron chi connectivity index (χ3n) is 3.67. The molecule has 0 heterocycles. The van der Waals surface area contributed by atoms with Gasteiger partial charge in [-0.25, -0.2) is 4.79 Å². The molecule has 142 valence electrons. The Morgan fingerprint density at radius 2 is 1.56 bits per heavy atom. The van der Waals surface area contributed by atoms with Crippen LogP contribution in [0.25, 0.3) is 0 Å². The molecule has 2 rings (SSSR count). The Kier molecular flexibility index (Phi) is 12.0. The average Bonchev–Trinajstić information content (AvgIpc) is 2.71. The van der Waals surface area contributed by atoms with Gasteiger partial charge in [0.15, 0.2) is 0 Å². The SMILES string of the molecule is C=O.C=O.CCCCc1ccc(NC(=O)Nc2ccc(C#N)cc2)cc1C. The van der Waals surface area contributed by atoms with E-state index in [9.17, 15) is 4.79 Å². The number of hydrogen-bond donors (Lipinski definition) is 2. The van der Waals surface area contributed by atoms with Crippen molar-refractivity contribution < 1.29 is 14.4 Å². The standard InChI is InChI=1S/C19H21N3O.2CH2O/c1-3-4-5-16-8-11-18(12-14(16)2)22-19(23)21-17-9-6-15(13-20)7-10-17;2*1-2/h6-12H,3-5H2,1-2H3,(H2,21,22,23);2*1H2. The lowest BCUT2D eigenvalue weighted by molar-refractivity contribution is -0.0987. The van der Waals surface area contributed by atoms with Crippen LogP contribution >= 0.6 is 0 Å². The fourth-order valence-corrected chi connectivity index (χ4v) is 2.34. The van der Waals surface area contributed by atoms with E-state index >= 15 is 0 Å². The molecule has 2 aromatic carbocycles. The first-order valence-electron chi connectivity index (χ1n) is 8.38. The molecule has 0 fully saturated rings. The number of aryl methyl sites for hydroxylation is 2. The third-order valence-corrected chi connectivity index (χ3v) is 3.67. The van der Waals surface area contributed by atoms with Crippen LogP contribution in [0.2, 0.25) is 0 Å². The molecule has 2 amide bonds. The Labute approximate surface area is 160 Å². The van der Waals surface area contributed by atoms with Crippen molar-refractivity contribution in [2.24, 2.45) is 0 Å². The van der Waals surface area contributed by atoms with Gasteiger partial charge in [0.1, 0.15) is 13.6 Å². The van der Waals surface area contributed by atoms with Crippen LogP contribution in [0.15, 0.2) is 42.5 Å². The molecule has 0 aliphatic carbocycles. The maximum atomic E-state index is 12.0. The van der Waals surface area contributed by atoms with Crippen LogP contribution in [0.5, 0.6) is 0 Å². The van der Waals surface area contributed by atoms with Gasteiger partial charge in [0.2, 0.25) is 0 Å². The van der Waals surface area contributed by atoms with Gasteiger partial charge in [0, 0.05) is 11.4 Å². The smallest absolute Gasteiger partial charge is 0.308 e. The highest BCUT2D eigenvalue weighted by molar-refractivity contribution is 5.99. The van der Waals surface area contributed by atoms with Crippen molar-refractivity contribution in [2.45, 2.75) is 33.1 Å². The Balaban J connectivity index is 0.00000158. The topological polar surface area (TPSA) is 99.1 Å². The fourth-order valence-electron chi connectivity index (χ4n) is 2.34. The molecule has 0 saturated carbocycles. The van der Waals surface area contributed by atoms with E-state index in [4.69, 9.17) is 14.9 Å². The van der Waals surface area contributed by atoms with Gasteiger partial charge in [-0.15, -0.1) is 0 Å². The molecule has 6 heteroatoms. The minimum absolute atomic E-state index is 0.296. The van der Waals surface area contributed by atoms with Crippen LogP contribution in [0.3, 0.4) is 0 Å². The highest BCUT2D eigenvalue weighted by Gasteiger charge is 2.05. The van der Waals surface area contributed by atoms with Crippen molar-refractivity contribution in [2.75, 3.05) is 10.6 Å². The van der Waals surface area contributed by atoms with Crippen LogP contribution in [-0.4, -0.2) is 19.6 Å². The van der Waals surface area contributed by atoms with E-state index in [1.807, 2.05) is 31.8 Å². The normalized spacial score (nSPS) is 8.78. The number of unbranched alkanes of at least 4 members (excludes halogenated alkanes) is 1. The number of nitrogens with one attached hydrogen (secondary N) is 2. The Morgan fingerprint density at radius 1 is 1.00 bits per heavy atom. The van der Waals surface area contributed by atoms with Gasteiger partial charge in [0.05, 0.1) is 11.6 Å². The van der Waals surface area contributed by atoms with Gasteiger partial charge in [-0.1, -0.05) is 19.4 Å². The van der Waals surface area contributed by atoms with Crippen LogP contribution in [0.4, 0.5) is 16.2 Å². The molecule has 0 radical (unpaired) electrons. The summed E-state index contributed by atoms with van der Waals surface area (Å²) < 4.78 is 0. The van der Waals surface area contributed by atoms with Crippen molar-refractivity contribution in [3.63, 3.8) is 0 Å². The molecule has 27 heavy (non-hydrogen) atoms. The predicted molar refractivity (Wildman–Crippen MR) is 108 cm³/mol. The zero-order valence-electron chi connectivity index (χ0n) is 15.7. The number of benzene rings is 2. The second-order valence-corrected chi connectivity index (χ2v) is 5.51. The summed E-state index contributed by atoms with van der Waals surface area (Å²) in [5.41, 5.74) is 4.50. The number of nitriles is 1. The maximum absolute atomic E-state index is 12.0. The number of hydrogen-bond acceptors (Lipinski definition) is 4. The zero-order chi connectivity index (χ0) is 20.7. The number of amides is 2. The first-order chi connectivity index (χ1) is 13.1. The molecule has 0 spiro atoms. The van der Waals surface area contributed by atoms with Crippen LogP contribution in [0, 0.1) is 18.3 Å². The molecule has 2 aromatic rings. The maximum Gasteiger partial charge on any atom is 0.323 e. The lowest BCUT2D eigenvalue weighted by atomic mass is 10.0. The van der Waals surface area contributed by atoms with E-state index in [2.05, 4.69) is 30.5 Å². The highest BCUT2D eigenvalue weighted by atomic mass is 16.2. The van der Waals surface area contributed by atoms with E-state index in [1.165, 1.54) is 24.0 Å². The van der Waals surface area contributed by atoms with Crippen molar-refractivity contribution in [1.82, 2.24) is 0 Å². The summed E-state index contributed by atoms with van der Waals surface area (Å²) in [7, 11) is 0. The molecule has 0 unspecified atom stereocenters. The molecular formula is C21H25N3O3. The number of nitrogens with zero attached hydrogens (tertiary/aromatic N) is 1. The monoisotopic (exact) mass is 367 g/mol. The summed E-state index contributed by atoms with van der Waals surface area (Å²) in [6.45, 7) is 8.24. The van der Waals surface area contributed by atoms with Crippen molar-refractivity contribution in [1.29, 1.82) is 5.26 Å². The van der Waals surface area contributed by atoms with Crippen LogP contribution < -0.4 is 10.6 Å². The number of carbonyl (C=O) groups is 3. The number of urea groups is 1. The second kappa shape index (κ2) is 13.8. The molecular weight excluding hydrogens is 342 g/mol. The summed E-state index contributed by atoms with van der Waals surface area (Å²) >= 11 is 0. The Bertz CT molecular complexity index is 750. The van der Waals surface area contributed by atoms with Crippen LogP contribution in [-0.2, 0) is 16.0 Å². The zero-order valence-corrected chi connectivity index (χ0v) is 15.7. The summed E-state index contributed by atoms with van der Waals surface area (Å²) in [4.78, 5) is 28.0. The van der Waals surface area contributed by atoms with Gasteiger partial charge >= 0.3 is 6.03 Å². The van der Waals surface area contributed by atoms with Gasteiger partial charge in [-0.05, 0) is 67.3 Å². The lowest BCUT2D eigenvalue weighted by Crippen LogP contribution is -2.19. The second-order valence-electron chi connectivity index (χ2n) is 5.51. The first-order valence-corrected chi connectivity index (χ1v) is 8.38. The van der Waals surface area contributed by atoms with E-state index in [0.717, 1.165) is 12.1 Å². The summed E-state index contributed by atoms with van der Waals surface area (Å²) in [5.74, 6) is 0. The predicted octanol–water partition coefficient (Wildman–Crippen LogP) is 4.48. The minimum Gasteiger partial charge on any atom is -0.308 e. The number of rotatable bonds is 5. The van der Waals surface area contributed by atoms with Gasteiger partial charge < -0.3 is 20.2 Å². The number of carbonyl (C=O) groups excluding carboxylic acids is 3. The molecule has 0 aliphatic rings. The van der Waals surface area contributed by atoms with Crippen LogP contribution in [0.1, 0.15) is 36.5 Å². The minimum atomic E-state index is -0.296. The third kappa shape index (κ3) is 8.45. The van der Waals surface area contributed by atoms with E-state index in [1.54, 1.807) is 24.3 Å². The lowest BCUT2D eigenvalue weighted by Gasteiger charge is -2.11. The average molecular weight is 367 g/mol. The number of anilines is 2. The van der Waals surface area contributed by atoms with Crippen molar-refractivity contribution in [3.05, 3.63) is 59.2 Å². The Morgan fingerprint density at radius 3 is 2.07 bits per heavy atom. The van der Waals surface area contributed by atoms with E-state index in [0.29, 0.717) is 11.3 Å². The molecule has 0 bridgehead atoms. The van der Waals surface area contributed by atoms with Crippen molar-refractivity contribution in [3.8, 4) is 6.07 Å². The quantitative estimate of drug-likeness (QED) is 0.813. The first kappa shape index (κ1) is 23.5. The molecule has 6 nitrogen and oxygen atoms in total. The fraction of sp³-hybridized carbons (Fsp3) is 0.238. The van der Waals surface area contributed by atoms with E-state index in [-0.39, 0.29) is 6.03 Å². The van der Waals surface area contributed by atoms with E-state index < -0.39 is 0 Å². The molecule has 0 aromatic heterocycles. The highest BCUT2D eigenvalue weighted by Crippen LogP contribution is 2.18. The molecule has 0 saturated heterocycles. The summed E-state index contributed by atoms with van der Waals surface area (Å²) in [6, 6.07) is 14.5. The molecule has 0 aliphatic heterocycles. The van der Waals surface area contributed by atoms with Gasteiger partial charge in [-0.2, -0.15) is 5.26 Å². The summed E-state index contributed by atoms with van der Waals surface area (Å²) in [5, 5.41) is 14.3. The van der Waals surface area contributed by atoms with Gasteiger partial charge in [-0.3, -0.25) is 0 Å². The molecule has 0 atom stereocenters. The molecule has 2 N–H and O–H groups in total.